The van der Waals surface area contributed by atoms with Crippen LogP contribution in [0, 0.1) is 0 Å². The highest BCUT2D eigenvalue weighted by Crippen LogP contribution is 2.36. The molecule has 2 fully saturated rings. The summed E-state index contributed by atoms with van der Waals surface area (Å²) in [6.07, 6.45) is 6.72. The fourth-order valence-electron chi connectivity index (χ4n) is 5.15. The van der Waals surface area contributed by atoms with E-state index in [1.807, 2.05) is 54.6 Å². The summed E-state index contributed by atoms with van der Waals surface area (Å²) >= 11 is 0. The highest BCUT2D eigenvalue weighted by atomic mass is 16.5. The Bertz CT molecular complexity index is 1130. The second-order valence-corrected chi connectivity index (χ2v) is 9.26. The van der Waals surface area contributed by atoms with Crippen LogP contribution in [0.3, 0.4) is 0 Å². The number of carbonyl (C=O) groups is 1. The average Bonchev–Trinajstić information content (AvgIpc) is 3.07. The Hall–Kier alpha value is -3.38. The van der Waals surface area contributed by atoms with Crippen molar-refractivity contribution in [2.75, 3.05) is 14.2 Å². The summed E-state index contributed by atoms with van der Waals surface area (Å²) < 4.78 is 11.6. The molecule has 0 saturated carbocycles. The standard InChI is InChI=1S/C28H31N3O3/c1-31-22-10-11-23(31)16-26(15-22)34-25-8-3-5-19(13-25)17-30-28(32)27-12-9-21(18-29-27)20-6-4-7-24(14-20)33-2/h3-9,12-14,18,22-23,26H,10-11,15-17H2,1-2H3,(H,30,32). The Morgan fingerprint density at radius 2 is 1.76 bits per heavy atom. The van der Waals surface area contributed by atoms with Crippen molar-refractivity contribution in [1.29, 1.82) is 0 Å². The molecule has 2 bridgehead atoms. The molecule has 2 saturated heterocycles. The molecule has 2 atom stereocenters. The van der Waals surface area contributed by atoms with E-state index < -0.39 is 0 Å². The predicted molar refractivity (Wildman–Crippen MR) is 132 cm³/mol. The van der Waals surface area contributed by atoms with Crippen molar-refractivity contribution in [3.8, 4) is 22.6 Å². The van der Waals surface area contributed by atoms with E-state index in [9.17, 15) is 4.79 Å². The van der Waals surface area contributed by atoms with Crippen LogP contribution in [-0.2, 0) is 6.54 Å². The number of hydrogen-bond donors (Lipinski definition) is 1. The SMILES string of the molecule is COc1cccc(-c2ccc(C(=O)NCc3cccc(OC4CC5CCC(C4)N5C)c3)nc2)c1. The lowest BCUT2D eigenvalue weighted by Gasteiger charge is -2.36. The molecule has 5 rings (SSSR count). The number of benzene rings is 2. The quantitative estimate of drug-likeness (QED) is 0.558. The fraction of sp³-hybridized carbons (Fsp3) is 0.357. The van der Waals surface area contributed by atoms with Crippen LogP contribution < -0.4 is 14.8 Å². The first kappa shape index (κ1) is 22.4. The third kappa shape index (κ3) is 4.92. The molecule has 6 nitrogen and oxygen atoms in total. The maximum Gasteiger partial charge on any atom is 0.270 e. The first-order valence-corrected chi connectivity index (χ1v) is 12.0. The molecule has 2 aromatic carbocycles. The molecule has 0 spiro atoms. The van der Waals surface area contributed by atoms with E-state index in [0.717, 1.165) is 41.0 Å². The van der Waals surface area contributed by atoms with Crippen molar-refractivity contribution in [3.05, 3.63) is 78.1 Å². The van der Waals surface area contributed by atoms with E-state index in [1.54, 1.807) is 19.4 Å². The van der Waals surface area contributed by atoms with Crippen LogP contribution in [0.5, 0.6) is 11.5 Å². The third-order valence-electron chi connectivity index (χ3n) is 7.11. The van der Waals surface area contributed by atoms with Crippen molar-refractivity contribution in [2.24, 2.45) is 0 Å². The van der Waals surface area contributed by atoms with Gasteiger partial charge in [0, 0.05) is 30.4 Å². The third-order valence-corrected chi connectivity index (χ3v) is 7.11. The minimum atomic E-state index is -0.199. The largest absolute Gasteiger partial charge is 0.497 e. The lowest BCUT2D eigenvalue weighted by molar-refractivity contribution is 0.0661. The fourth-order valence-corrected chi connectivity index (χ4v) is 5.15. The van der Waals surface area contributed by atoms with E-state index in [1.165, 1.54) is 12.8 Å². The highest BCUT2D eigenvalue weighted by Gasteiger charge is 2.39. The van der Waals surface area contributed by atoms with Gasteiger partial charge in [0.25, 0.3) is 5.91 Å². The zero-order valence-electron chi connectivity index (χ0n) is 19.7. The first-order valence-electron chi connectivity index (χ1n) is 12.0. The van der Waals surface area contributed by atoms with Gasteiger partial charge in [-0.15, -0.1) is 0 Å². The number of aromatic nitrogens is 1. The Morgan fingerprint density at radius 1 is 1.00 bits per heavy atom. The number of ether oxygens (including phenoxy) is 2. The van der Waals surface area contributed by atoms with Gasteiger partial charge in [0.15, 0.2) is 0 Å². The maximum absolute atomic E-state index is 12.6. The number of pyridine rings is 1. The van der Waals surface area contributed by atoms with Crippen molar-refractivity contribution in [1.82, 2.24) is 15.2 Å². The Labute approximate surface area is 200 Å². The normalized spacial score (nSPS) is 21.8. The Kier molecular flexibility index (Phi) is 6.50. The van der Waals surface area contributed by atoms with Crippen LogP contribution in [0.15, 0.2) is 66.9 Å². The minimum absolute atomic E-state index is 0.199. The number of rotatable bonds is 7. The van der Waals surface area contributed by atoms with Crippen LogP contribution >= 0.6 is 0 Å². The second-order valence-electron chi connectivity index (χ2n) is 9.26. The number of hydrogen-bond acceptors (Lipinski definition) is 5. The van der Waals surface area contributed by atoms with Crippen molar-refractivity contribution in [3.63, 3.8) is 0 Å². The molecule has 3 heterocycles. The molecule has 1 N–H and O–H groups in total. The van der Waals surface area contributed by atoms with Crippen LogP contribution in [0.1, 0.15) is 41.7 Å². The molecular formula is C28H31N3O3. The van der Waals surface area contributed by atoms with Gasteiger partial charge >= 0.3 is 0 Å². The first-order chi connectivity index (χ1) is 16.6. The molecular weight excluding hydrogens is 426 g/mol. The summed E-state index contributed by atoms with van der Waals surface area (Å²) in [6, 6.07) is 20.7. The number of piperidine rings is 1. The van der Waals surface area contributed by atoms with Crippen LogP contribution in [-0.4, -0.2) is 48.1 Å². The molecule has 3 aromatic rings. The monoisotopic (exact) mass is 457 g/mol. The minimum Gasteiger partial charge on any atom is -0.497 e. The van der Waals surface area contributed by atoms with Crippen LogP contribution in [0.4, 0.5) is 0 Å². The molecule has 2 aliphatic rings. The average molecular weight is 458 g/mol. The van der Waals surface area contributed by atoms with Crippen LogP contribution in [0.2, 0.25) is 0 Å². The smallest absolute Gasteiger partial charge is 0.270 e. The number of methoxy groups -OCH3 is 1. The molecule has 0 aliphatic carbocycles. The van der Waals surface area contributed by atoms with Gasteiger partial charge in [-0.3, -0.25) is 9.78 Å². The molecule has 176 valence electrons. The molecule has 0 radical (unpaired) electrons. The zero-order valence-corrected chi connectivity index (χ0v) is 19.7. The molecule has 1 amide bonds. The van der Waals surface area contributed by atoms with Gasteiger partial charge in [0.2, 0.25) is 0 Å². The number of nitrogens with zero attached hydrogens (tertiary/aromatic N) is 2. The highest BCUT2D eigenvalue weighted by molar-refractivity contribution is 5.92. The van der Waals surface area contributed by atoms with Crippen molar-refractivity contribution >= 4 is 5.91 Å². The maximum atomic E-state index is 12.6. The van der Waals surface area contributed by atoms with E-state index in [0.29, 0.717) is 24.3 Å². The molecule has 1 aromatic heterocycles. The van der Waals surface area contributed by atoms with E-state index in [2.05, 4.69) is 22.2 Å². The van der Waals surface area contributed by atoms with Gasteiger partial charge in [-0.2, -0.15) is 0 Å². The van der Waals surface area contributed by atoms with Gasteiger partial charge in [0.1, 0.15) is 23.3 Å². The van der Waals surface area contributed by atoms with Gasteiger partial charge < -0.3 is 19.7 Å². The Morgan fingerprint density at radius 3 is 2.50 bits per heavy atom. The predicted octanol–water partition coefficient (Wildman–Crippen LogP) is 4.69. The van der Waals surface area contributed by atoms with Crippen molar-refractivity contribution < 1.29 is 14.3 Å². The summed E-state index contributed by atoms with van der Waals surface area (Å²) in [5.74, 6) is 1.46. The number of carbonyl (C=O) groups excluding carboxylic acids is 1. The summed E-state index contributed by atoms with van der Waals surface area (Å²) in [5.41, 5.74) is 3.33. The molecule has 2 unspecified atom stereocenters. The van der Waals surface area contributed by atoms with E-state index >= 15 is 0 Å². The van der Waals surface area contributed by atoms with E-state index in [-0.39, 0.29) is 12.0 Å². The second kappa shape index (κ2) is 9.85. The topological polar surface area (TPSA) is 63.7 Å². The lowest BCUT2D eigenvalue weighted by Crippen LogP contribution is -2.43. The molecule has 34 heavy (non-hydrogen) atoms. The summed E-state index contributed by atoms with van der Waals surface area (Å²) in [6.45, 7) is 0.425. The van der Waals surface area contributed by atoms with Crippen LogP contribution in [0.25, 0.3) is 11.1 Å². The van der Waals surface area contributed by atoms with E-state index in [4.69, 9.17) is 9.47 Å². The number of nitrogens with one attached hydrogen (secondary N) is 1. The van der Waals surface area contributed by atoms with Gasteiger partial charge in [-0.1, -0.05) is 30.3 Å². The van der Waals surface area contributed by atoms with Crippen molar-refractivity contribution in [2.45, 2.75) is 50.4 Å². The zero-order chi connectivity index (χ0) is 23.5. The molecule has 6 heteroatoms. The van der Waals surface area contributed by atoms with Gasteiger partial charge in [-0.05, 0) is 74.2 Å². The lowest BCUT2D eigenvalue weighted by atomic mass is 10.0. The Balaban J connectivity index is 1.17. The number of fused-ring (bicyclic) bond motifs is 2. The van der Waals surface area contributed by atoms with Gasteiger partial charge in [-0.25, -0.2) is 0 Å². The molecule has 2 aliphatic heterocycles. The summed E-state index contributed by atoms with van der Waals surface area (Å²) in [4.78, 5) is 19.5. The van der Waals surface area contributed by atoms with Gasteiger partial charge in [0.05, 0.1) is 7.11 Å². The number of amides is 1. The summed E-state index contributed by atoms with van der Waals surface area (Å²) in [7, 11) is 3.88. The summed E-state index contributed by atoms with van der Waals surface area (Å²) in [5, 5.41) is 2.97.